The molecule has 0 aliphatic heterocycles. The lowest BCUT2D eigenvalue weighted by Gasteiger charge is -2.58. The van der Waals surface area contributed by atoms with Gasteiger partial charge in [-0.15, -0.1) is 0 Å². The Bertz CT molecular complexity index is 845. The highest BCUT2D eigenvalue weighted by atomic mass is 16.5. The van der Waals surface area contributed by atoms with E-state index in [-0.39, 0.29) is 28.6 Å². The first-order valence-corrected chi connectivity index (χ1v) is 10.9. The smallest absolute Gasteiger partial charge is 0.333 e. The number of hydrogen-bond donors (Lipinski definition) is 1. The molecule has 1 aromatic heterocycles. The molecule has 0 radical (unpaired) electrons. The Morgan fingerprint density at radius 1 is 1.30 bits per heavy atom. The largest absolute Gasteiger partial charge is 0.478 e. The highest BCUT2D eigenvalue weighted by Crippen LogP contribution is 2.61. The van der Waals surface area contributed by atoms with Gasteiger partial charge in [-0.1, -0.05) is 33.3 Å². The van der Waals surface area contributed by atoms with E-state index in [1.165, 1.54) is 0 Å². The summed E-state index contributed by atoms with van der Waals surface area (Å²) in [4.78, 5) is 24.9. The molecule has 2 aliphatic rings. The molecule has 164 valence electrons. The van der Waals surface area contributed by atoms with Gasteiger partial charge in [0.25, 0.3) is 0 Å². The monoisotopic (exact) mass is 414 g/mol. The molecule has 5 heteroatoms. The van der Waals surface area contributed by atoms with E-state index in [2.05, 4.69) is 20.8 Å². The van der Waals surface area contributed by atoms with Crippen molar-refractivity contribution in [2.24, 2.45) is 22.7 Å². The number of furan rings is 1. The number of carboxylic acid groups (broad SMARTS) is 1. The Labute approximate surface area is 179 Å². The second kappa shape index (κ2) is 8.44. The van der Waals surface area contributed by atoms with Crippen LogP contribution in [0.2, 0.25) is 0 Å². The summed E-state index contributed by atoms with van der Waals surface area (Å²) in [6.07, 6.45) is 10.8. The average Bonchev–Trinajstić information content (AvgIpc) is 3.18. The van der Waals surface area contributed by atoms with Crippen LogP contribution in [0.1, 0.15) is 65.9 Å². The Morgan fingerprint density at radius 2 is 2.03 bits per heavy atom. The van der Waals surface area contributed by atoms with Crippen molar-refractivity contribution in [3.63, 3.8) is 0 Å². The minimum absolute atomic E-state index is 0.0593. The van der Waals surface area contributed by atoms with E-state index >= 15 is 0 Å². The van der Waals surface area contributed by atoms with Crippen LogP contribution in [0.3, 0.4) is 0 Å². The molecule has 4 unspecified atom stereocenters. The zero-order chi connectivity index (χ0) is 22.1. The predicted molar refractivity (Wildman–Crippen MR) is 115 cm³/mol. The van der Waals surface area contributed by atoms with Gasteiger partial charge < -0.3 is 14.3 Å². The van der Waals surface area contributed by atoms with E-state index in [0.29, 0.717) is 11.1 Å². The third-order valence-electron chi connectivity index (χ3n) is 7.48. The molecule has 1 N–H and O–H groups in total. The number of carbonyl (C=O) groups excluding carboxylic acids is 1. The van der Waals surface area contributed by atoms with E-state index in [4.69, 9.17) is 9.15 Å². The molecule has 1 saturated carbocycles. The summed E-state index contributed by atoms with van der Waals surface area (Å²) in [5.41, 5.74) is 1.68. The molecule has 3 rings (SSSR count). The number of allylic oxidation sites excluding steroid dienone is 1. The van der Waals surface area contributed by atoms with Crippen LogP contribution in [0.4, 0.5) is 0 Å². The number of rotatable bonds is 6. The maximum absolute atomic E-state index is 12.6. The average molecular weight is 415 g/mol. The molecule has 1 aromatic rings. The van der Waals surface area contributed by atoms with Crippen molar-refractivity contribution in [1.29, 1.82) is 0 Å². The van der Waals surface area contributed by atoms with Crippen LogP contribution in [-0.4, -0.2) is 23.1 Å². The number of carboxylic acids is 1. The van der Waals surface area contributed by atoms with Gasteiger partial charge in [-0.3, -0.25) is 0 Å². The van der Waals surface area contributed by atoms with Crippen LogP contribution in [0, 0.1) is 22.7 Å². The van der Waals surface area contributed by atoms with Crippen molar-refractivity contribution in [1.82, 2.24) is 0 Å². The second-order valence-electron chi connectivity index (χ2n) is 9.82. The normalized spacial score (nSPS) is 30.9. The summed E-state index contributed by atoms with van der Waals surface area (Å²) >= 11 is 0. The minimum atomic E-state index is -0.918. The molecule has 0 aromatic carbocycles. The van der Waals surface area contributed by atoms with Gasteiger partial charge in [0.2, 0.25) is 0 Å². The lowest BCUT2D eigenvalue weighted by molar-refractivity contribution is -0.161. The quantitative estimate of drug-likeness (QED) is 0.487. The van der Waals surface area contributed by atoms with Crippen molar-refractivity contribution in [3.8, 4) is 0 Å². The summed E-state index contributed by atoms with van der Waals surface area (Å²) in [6, 6.07) is 1.93. The molecule has 0 bridgehead atoms. The van der Waals surface area contributed by atoms with Gasteiger partial charge in [-0.05, 0) is 74.0 Å². The summed E-state index contributed by atoms with van der Waals surface area (Å²) in [5.74, 6) is -1.33. The molecule has 0 spiro atoms. The SMILES string of the molecule is CC=C(C)C(=O)OC1C=C(C(=O)O)C(CCc2ccoc2)C2(C)CCCC(C)(C)C12. The van der Waals surface area contributed by atoms with Crippen LogP contribution in [0.15, 0.2) is 46.3 Å². The maximum atomic E-state index is 12.6. The van der Waals surface area contributed by atoms with E-state index in [1.54, 1.807) is 38.5 Å². The standard InChI is InChI=1S/C25H34O5/c1-6-16(2)23(28)30-20-14-18(22(26)27)19(9-8-17-10-13-29-15-17)25(5)12-7-11-24(3,4)21(20)25/h6,10,13-15,19-21H,7-9,11-12H2,1-5H3,(H,26,27). The summed E-state index contributed by atoms with van der Waals surface area (Å²) in [6.45, 7) is 10.2. The third-order valence-corrected chi connectivity index (χ3v) is 7.48. The molecule has 1 heterocycles. The summed E-state index contributed by atoms with van der Waals surface area (Å²) in [5, 5.41) is 10.1. The van der Waals surface area contributed by atoms with Crippen molar-refractivity contribution in [2.75, 3.05) is 0 Å². The van der Waals surface area contributed by atoms with E-state index in [0.717, 1.165) is 37.7 Å². The van der Waals surface area contributed by atoms with Gasteiger partial charge in [0.05, 0.1) is 12.5 Å². The Morgan fingerprint density at radius 3 is 2.63 bits per heavy atom. The molecular formula is C25H34O5. The van der Waals surface area contributed by atoms with Crippen molar-refractivity contribution in [3.05, 3.63) is 47.5 Å². The van der Waals surface area contributed by atoms with Crippen molar-refractivity contribution < 1.29 is 23.8 Å². The molecule has 1 fully saturated rings. The summed E-state index contributed by atoms with van der Waals surface area (Å²) in [7, 11) is 0. The Hall–Kier alpha value is -2.30. The fourth-order valence-corrected chi connectivity index (χ4v) is 5.97. The minimum Gasteiger partial charge on any atom is -0.478 e. The molecule has 5 nitrogen and oxygen atoms in total. The van der Waals surface area contributed by atoms with E-state index in [9.17, 15) is 14.7 Å². The van der Waals surface area contributed by atoms with Gasteiger partial charge in [0.1, 0.15) is 6.10 Å². The van der Waals surface area contributed by atoms with Gasteiger partial charge >= 0.3 is 11.9 Å². The van der Waals surface area contributed by atoms with Crippen LogP contribution in [0.5, 0.6) is 0 Å². The van der Waals surface area contributed by atoms with Gasteiger partial charge in [-0.2, -0.15) is 0 Å². The molecule has 30 heavy (non-hydrogen) atoms. The molecule has 2 aliphatic carbocycles. The second-order valence-corrected chi connectivity index (χ2v) is 9.82. The number of fused-ring (bicyclic) bond motifs is 1. The molecule has 0 saturated heterocycles. The summed E-state index contributed by atoms with van der Waals surface area (Å²) < 4.78 is 11.1. The fourth-order valence-electron chi connectivity index (χ4n) is 5.97. The van der Waals surface area contributed by atoms with E-state index in [1.807, 2.05) is 6.07 Å². The zero-order valence-electron chi connectivity index (χ0n) is 18.7. The number of hydrogen-bond acceptors (Lipinski definition) is 4. The number of carbonyl (C=O) groups is 2. The predicted octanol–water partition coefficient (Wildman–Crippen LogP) is 5.56. The van der Waals surface area contributed by atoms with Gasteiger partial charge in [-0.25, -0.2) is 9.59 Å². The first-order chi connectivity index (χ1) is 14.1. The lowest BCUT2D eigenvalue weighted by Crippen LogP contribution is -2.56. The molecule has 0 amide bonds. The molecule has 4 atom stereocenters. The number of aliphatic carboxylic acids is 1. The van der Waals surface area contributed by atoms with Crippen LogP contribution in [0.25, 0.3) is 0 Å². The van der Waals surface area contributed by atoms with Crippen molar-refractivity contribution >= 4 is 11.9 Å². The maximum Gasteiger partial charge on any atom is 0.333 e. The highest BCUT2D eigenvalue weighted by Gasteiger charge is 2.57. The van der Waals surface area contributed by atoms with Gasteiger partial charge in [0.15, 0.2) is 0 Å². The van der Waals surface area contributed by atoms with Crippen LogP contribution < -0.4 is 0 Å². The number of ether oxygens (including phenoxy) is 1. The fraction of sp³-hybridized carbons (Fsp3) is 0.600. The first-order valence-electron chi connectivity index (χ1n) is 10.9. The first kappa shape index (κ1) is 22.4. The van der Waals surface area contributed by atoms with Gasteiger partial charge in [0, 0.05) is 17.1 Å². The van der Waals surface area contributed by atoms with Crippen LogP contribution in [-0.2, 0) is 20.7 Å². The Balaban J connectivity index is 2.03. The highest BCUT2D eigenvalue weighted by molar-refractivity contribution is 5.89. The third kappa shape index (κ3) is 4.12. The number of esters is 1. The number of aryl methyl sites for hydroxylation is 1. The topological polar surface area (TPSA) is 76.7 Å². The lowest BCUT2D eigenvalue weighted by atomic mass is 9.47. The van der Waals surface area contributed by atoms with Crippen molar-refractivity contribution in [2.45, 2.75) is 72.8 Å². The zero-order valence-corrected chi connectivity index (χ0v) is 18.7. The Kier molecular flexibility index (Phi) is 6.30. The van der Waals surface area contributed by atoms with Crippen LogP contribution >= 0.6 is 0 Å². The van der Waals surface area contributed by atoms with E-state index < -0.39 is 12.1 Å². The molecular weight excluding hydrogens is 380 g/mol.